The zero-order valence-corrected chi connectivity index (χ0v) is 8.64. The summed E-state index contributed by atoms with van der Waals surface area (Å²) >= 11 is 0. The van der Waals surface area contributed by atoms with E-state index in [9.17, 15) is 4.79 Å². The molecule has 0 aromatic rings. The second-order valence-corrected chi connectivity index (χ2v) is 4.00. The van der Waals surface area contributed by atoms with E-state index >= 15 is 0 Å². The van der Waals surface area contributed by atoms with E-state index in [-0.39, 0.29) is 5.91 Å². The molecule has 0 aromatic carbocycles. The van der Waals surface area contributed by atoms with Crippen molar-refractivity contribution in [2.24, 2.45) is 5.92 Å². The molecule has 0 atom stereocenters. The lowest BCUT2D eigenvalue weighted by Gasteiger charge is -2.01. The quantitative estimate of drug-likeness (QED) is 0.604. The molecule has 1 fully saturated rings. The molecule has 0 bridgehead atoms. The smallest absolute Gasteiger partial charge is 0.219 e. The number of nitrogens with one attached hydrogen (secondary N) is 1. The van der Waals surface area contributed by atoms with Crippen molar-refractivity contribution >= 4 is 5.91 Å². The molecule has 1 rings (SSSR count). The van der Waals surface area contributed by atoms with Crippen LogP contribution >= 0.6 is 0 Å². The molecule has 0 radical (unpaired) electrons. The van der Waals surface area contributed by atoms with E-state index in [2.05, 4.69) is 5.32 Å². The Hall–Kier alpha value is -0.530. The number of hydrogen-bond donors (Lipinski definition) is 1. The maximum atomic E-state index is 11.0. The van der Waals surface area contributed by atoms with Gasteiger partial charge in [0.1, 0.15) is 0 Å². The van der Waals surface area contributed by atoms with Crippen LogP contribution in [0.15, 0.2) is 0 Å². The Morgan fingerprint density at radius 1 is 1.31 bits per heavy atom. The summed E-state index contributed by atoms with van der Waals surface area (Å²) in [6.45, 7) is 2.73. The molecule has 1 aliphatic rings. The summed E-state index contributed by atoms with van der Waals surface area (Å²) in [7, 11) is 0. The molecule has 13 heavy (non-hydrogen) atoms. The summed E-state index contributed by atoms with van der Waals surface area (Å²) in [6, 6.07) is 0. The number of rotatable bonds is 7. The Morgan fingerprint density at radius 3 is 2.69 bits per heavy atom. The van der Waals surface area contributed by atoms with Crippen molar-refractivity contribution in [3.63, 3.8) is 0 Å². The van der Waals surface area contributed by atoms with Gasteiger partial charge in [0.15, 0.2) is 0 Å². The zero-order valence-electron chi connectivity index (χ0n) is 8.64. The van der Waals surface area contributed by atoms with Crippen molar-refractivity contribution in [3.05, 3.63) is 0 Å². The fraction of sp³-hybridized carbons (Fsp3) is 0.909. The van der Waals surface area contributed by atoms with E-state index in [1.165, 1.54) is 32.1 Å². The summed E-state index contributed by atoms with van der Waals surface area (Å²) in [6.07, 6.45) is 8.65. The summed E-state index contributed by atoms with van der Waals surface area (Å²) in [5.41, 5.74) is 0. The summed E-state index contributed by atoms with van der Waals surface area (Å²) < 4.78 is 0. The zero-order chi connectivity index (χ0) is 9.52. The predicted octanol–water partition coefficient (Wildman–Crippen LogP) is 2.48. The molecule has 0 aliphatic heterocycles. The van der Waals surface area contributed by atoms with Gasteiger partial charge in [-0.3, -0.25) is 4.79 Å². The number of carbonyl (C=O) groups is 1. The van der Waals surface area contributed by atoms with Crippen LogP contribution in [0.3, 0.4) is 0 Å². The molecule has 0 heterocycles. The molecule has 2 heteroatoms. The molecule has 76 valence electrons. The molecule has 1 saturated carbocycles. The maximum Gasteiger partial charge on any atom is 0.219 e. The summed E-state index contributed by atoms with van der Waals surface area (Å²) in [5.74, 6) is 1.26. The first-order chi connectivity index (χ1) is 6.33. The average molecular weight is 183 g/mol. The molecule has 0 spiro atoms. The Morgan fingerprint density at radius 2 is 2.08 bits per heavy atom. The lowest BCUT2D eigenvalue weighted by molar-refractivity contribution is -0.121. The molecule has 0 aromatic heterocycles. The largest absolute Gasteiger partial charge is 0.356 e. The number of carbonyl (C=O) groups excluding carboxylic acids is 1. The fourth-order valence-electron chi connectivity index (χ4n) is 1.59. The third-order valence-electron chi connectivity index (χ3n) is 2.59. The van der Waals surface area contributed by atoms with Crippen LogP contribution in [0, 0.1) is 5.92 Å². The van der Waals surface area contributed by atoms with Gasteiger partial charge in [0.25, 0.3) is 0 Å². The third-order valence-corrected chi connectivity index (χ3v) is 2.59. The van der Waals surface area contributed by atoms with Crippen molar-refractivity contribution in [1.82, 2.24) is 5.32 Å². The van der Waals surface area contributed by atoms with Crippen LogP contribution in [-0.2, 0) is 4.79 Å². The van der Waals surface area contributed by atoms with Gasteiger partial charge < -0.3 is 5.32 Å². The monoisotopic (exact) mass is 183 g/mol. The Bertz CT molecular complexity index is 152. The normalized spacial score (nSPS) is 15.8. The molecule has 1 aliphatic carbocycles. The van der Waals surface area contributed by atoms with Crippen molar-refractivity contribution < 1.29 is 4.79 Å². The van der Waals surface area contributed by atoms with Gasteiger partial charge >= 0.3 is 0 Å². The van der Waals surface area contributed by atoms with Gasteiger partial charge in [0.05, 0.1) is 0 Å². The lowest BCUT2D eigenvalue weighted by atomic mass is 10.1. The molecular formula is C11H21NO. The van der Waals surface area contributed by atoms with Crippen LogP contribution in [0.2, 0.25) is 0 Å². The molecular weight excluding hydrogens is 162 g/mol. The van der Waals surface area contributed by atoms with E-state index in [0.717, 1.165) is 25.3 Å². The Balaban J connectivity index is 1.79. The van der Waals surface area contributed by atoms with Crippen LogP contribution in [0.5, 0.6) is 0 Å². The number of amides is 1. The van der Waals surface area contributed by atoms with E-state index in [4.69, 9.17) is 0 Å². The maximum absolute atomic E-state index is 11.0. The third kappa shape index (κ3) is 5.67. The second-order valence-electron chi connectivity index (χ2n) is 4.00. The molecule has 1 N–H and O–H groups in total. The highest BCUT2D eigenvalue weighted by Gasteiger charge is 2.19. The highest BCUT2D eigenvalue weighted by molar-refractivity contribution is 5.75. The molecule has 0 unspecified atom stereocenters. The molecule has 0 saturated heterocycles. The van der Waals surface area contributed by atoms with E-state index in [1.54, 1.807) is 0 Å². The molecule has 2 nitrogen and oxygen atoms in total. The van der Waals surface area contributed by atoms with Crippen LogP contribution in [0.1, 0.15) is 51.9 Å². The van der Waals surface area contributed by atoms with Gasteiger partial charge in [-0.1, -0.05) is 32.1 Å². The highest BCUT2D eigenvalue weighted by atomic mass is 16.1. The van der Waals surface area contributed by atoms with Gasteiger partial charge in [-0.15, -0.1) is 0 Å². The minimum Gasteiger partial charge on any atom is -0.356 e. The minimum absolute atomic E-state index is 0.217. The van der Waals surface area contributed by atoms with E-state index in [0.29, 0.717) is 0 Å². The minimum atomic E-state index is 0.217. The Kier molecular flexibility index (Phi) is 4.87. The second kappa shape index (κ2) is 6.01. The van der Waals surface area contributed by atoms with Gasteiger partial charge in [0.2, 0.25) is 5.91 Å². The SMILES string of the molecule is CCNC(=O)CCCCCC1CC1. The van der Waals surface area contributed by atoms with Crippen molar-refractivity contribution in [2.75, 3.05) is 6.54 Å². The van der Waals surface area contributed by atoms with Gasteiger partial charge in [-0.25, -0.2) is 0 Å². The van der Waals surface area contributed by atoms with Crippen LogP contribution in [-0.4, -0.2) is 12.5 Å². The topological polar surface area (TPSA) is 29.1 Å². The Labute approximate surface area is 81.1 Å². The van der Waals surface area contributed by atoms with Crippen LogP contribution in [0.25, 0.3) is 0 Å². The summed E-state index contributed by atoms with van der Waals surface area (Å²) in [4.78, 5) is 11.0. The molecule has 1 amide bonds. The predicted molar refractivity (Wildman–Crippen MR) is 54.5 cm³/mol. The first kappa shape index (κ1) is 10.6. The van der Waals surface area contributed by atoms with Crippen LogP contribution < -0.4 is 5.32 Å². The standard InChI is InChI=1S/C11H21NO/c1-2-12-11(13)7-5-3-4-6-10-8-9-10/h10H,2-9H2,1H3,(H,12,13). The van der Waals surface area contributed by atoms with Crippen molar-refractivity contribution in [3.8, 4) is 0 Å². The highest BCUT2D eigenvalue weighted by Crippen LogP contribution is 2.34. The van der Waals surface area contributed by atoms with Crippen molar-refractivity contribution in [2.45, 2.75) is 51.9 Å². The van der Waals surface area contributed by atoms with Gasteiger partial charge in [-0.2, -0.15) is 0 Å². The number of hydrogen-bond acceptors (Lipinski definition) is 1. The summed E-state index contributed by atoms with van der Waals surface area (Å²) in [5, 5.41) is 2.82. The van der Waals surface area contributed by atoms with Crippen LogP contribution in [0.4, 0.5) is 0 Å². The van der Waals surface area contributed by atoms with E-state index in [1.807, 2.05) is 6.92 Å². The number of unbranched alkanes of at least 4 members (excludes halogenated alkanes) is 2. The first-order valence-corrected chi connectivity index (χ1v) is 5.59. The van der Waals surface area contributed by atoms with Gasteiger partial charge in [-0.05, 0) is 19.3 Å². The fourth-order valence-corrected chi connectivity index (χ4v) is 1.59. The lowest BCUT2D eigenvalue weighted by Crippen LogP contribution is -2.21. The van der Waals surface area contributed by atoms with E-state index < -0.39 is 0 Å². The first-order valence-electron chi connectivity index (χ1n) is 5.59. The average Bonchev–Trinajstić information content (AvgIpc) is 2.88. The van der Waals surface area contributed by atoms with Crippen molar-refractivity contribution in [1.29, 1.82) is 0 Å². The van der Waals surface area contributed by atoms with Gasteiger partial charge in [0, 0.05) is 13.0 Å².